The minimum atomic E-state index is -1.05. The zero-order chi connectivity index (χ0) is 52.2. The van der Waals surface area contributed by atoms with Gasteiger partial charge in [-0.25, -0.2) is 9.59 Å². The van der Waals surface area contributed by atoms with E-state index in [0.29, 0.717) is 92.0 Å². The highest BCUT2D eigenvalue weighted by Gasteiger charge is 2.34. The number of nitrogens with one attached hydrogen (secondary N) is 2. The highest BCUT2D eigenvalue weighted by molar-refractivity contribution is 6.00. The van der Waals surface area contributed by atoms with Crippen molar-refractivity contribution < 1.29 is 43.4 Å². The lowest BCUT2D eigenvalue weighted by atomic mass is 9.94. The van der Waals surface area contributed by atoms with Crippen LogP contribution in [0.1, 0.15) is 101 Å². The van der Waals surface area contributed by atoms with Gasteiger partial charge < -0.3 is 45.8 Å². The molecule has 4 saturated heterocycles. The van der Waals surface area contributed by atoms with Crippen LogP contribution in [0.2, 0.25) is 0 Å². The monoisotopic (exact) mass is 990 g/mol. The lowest BCUT2D eigenvalue weighted by Crippen LogP contribution is -2.48. The lowest BCUT2D eigenvalue weighted by Gasteiger charge is -2.37. The van der Waals surface area contributed by atoms with Gasteiger partial charge in [0.05, 0.1) is 11.6 Å². The molecule has 0 saturated carbocycles. The van der Waals surface area contributed by atoms with Crippen LogP contribution in [0.4, 0.5) is 34.1 Å². The van der Waals surface area contributed by atoms with Gasteiger partial charge in [-0.2, -0.15) is 5.26 Å². The third kappa shape index (κ3) is 14.2. The second kappa shape index (κ2) is 23.8. The molecule has 0 aliphatic carbocycles. The van der Waals surface area contributed by atoms with Crippen LogP contribution in [0.15, 0.2) is 120 Å². The van der Waals surface area contributed by atoms with Crippen molar-refractivity contribution >= 4 is 75.6 Å². The van der Waals surface area contributed by atoms with Crippen molar-refractivity contribution in [3.8, 4) is 6.07 Å². The van der Waals surface area contributed by atoms with Gasteiger partial charge >= 0.3 is 11.9 Å². The van der Waals surface area contributed by atoms with E-state index in [1.165, 1.54) is 6.08 Å². The van der Waals surface area contributed by atoms with Crippen molar-refractivity contribution in [2.45, 2.75) is 103 Å². The number of anilines is 6. The summed E-state index contributed by atoms with van der Waals surface area (Å²) in [6.45, 7) is 7.76. The molecule has 5 amide bonds. The molecule has 4 aliphatic rings. The first-order valence-electron chi connectivity index (χ1n) is 24.7. The van der Waals surface area contributed by atoms with E-state index in [0.717, 1.165) is 54.4 Å². The first kappa shape index (κ1) is 52.6. The zero-order valence-electron chi connectivity index (χ0n) is 41.5. The molecule has 2 atom stereocenters. The molecule has 0 bridgehead atoms. The number of benzene rings is 4. The summed E-state index contributed by atoms with van der Waals surface area (Å²) in [4.78, 5) is 94.1. The quantitative estimate of drug-likeness (QED) is 0.0830. The molecule has 0 aromatic heterocycles. The number of carboxylic acids is 1. The number of primary amides is 1. The first-order valence-corrected chi connectivity index (χ1v) is 24.7. The van der Waals surface area contributed by atoms with Crippen LogP contribution in [0.5, 0.6) is 0 Å². The van der Waals surface area contributed by atoms with E-state index >= 15 is 0 Å². The van der Waals surface area contributed by atoms with Crippen LogP contribution in [0.3, 0.4) is 0 Å². The molecule has 4 heterocycles. The molecule has 4 fully saturated rings. The Morgan fingerprint density at radius 3 is 1.58 bits per heavy atom. The number of piperidine rings is 4. The van der Waals surface area contributed by atoms with E-state index in [1.807, 2.05) is 60.9 Å². The number of carboxylic acid groups (broad SMARTS) is 1. The van der Waals surface area contributed by atoms with Gasteiger partial charge in [-0.1, -0.05) is 23.3 Å². The molecular formula is C56H62N8O9. The Bertz CT molecular complexity index is 2830. The summed E-state index contributed by atoms with van der Waals surface area (Å²) in [5.74, 6) is -2.34. The van der Waals surface area contributed by atoms with Crippen LogP contribution in [-0.2, 0) is 33.5 Å². The maximum absolute atomic E-state index is 13.6. The number of nitrogens with zero attached hydrogens (tertiary/aromatic N) is 5. The maximum atomic E-state index is 13.6. The summed E-state index contributed by atoms with van der Waals surface area (Å²) in [6.07, 6.45) is 9.18. The van der Waals surface area contributed by atoms with Crippen LogP contribution in [0.25, 0.3) is 0 Å². The maximum Gasteiger partial charge on any atom is 0.331 e. The minimum Gasteiger partial charge on any atom is -0.478 e. The molecule has 0 unspecified atom stereocenters. The van der Waals surface area contributed by atoms with Crippen LogP contribution in [0, 0.1) is 11.3 Å². The summed E-state index contributed by atoms with van der Waals surface area (Å²) in [5, 5.41) is 24.5. The summed E-state index contributed by atoms with van der Waals surface area (Å²) >= 11 is 0. The number of nitriles is 1. The van der Waals surface area contributed by atoms with Gasteiger partial charge in [0.25, 0.3) is 0 Å². The fourth-order valence-corrected chi connectivity index (χ4v) is 9.43. The smallest absolute Gasteiger partial charge is 0.331 e. The van der Waals surface area contributed by atoms with Crippen molar-refractivity contribution in [2.24, 2.45) is 5.73 Å². The molecule has 8 rings (SSSR count). The van der Waals surface area contributed by atoms with E-state index in [4.69, 9.17) is 10.5 Å². The summed E-state index contributed by atoms with van der Waals surface area (Å²) < 4.78 is 5.45. The summed E-state index contributed by atoms with van der Waals surface area (Å²) in [7, 11) is 0. The van der Waals surface area contributed by atoms with Crippen LogP contribution in [-0.4, -0.2) is 90.4 Å². The van der Waals surface area contributed by atoms with Crippen molar-refractivity contribution in [1.82, 2.24) is 0 Å². The lowest BCUT2D eigenvalue weighted by molar-refractivity contribution is -0.148. The number of aliphatic carboxylic acids is 1. The average Bonchev–Trinajstić information content (AvgIpc) is 3.36. The zero-order valence-corrected chi connectivity index (χ0v) is 41.5. The molecule has 5 N–H and O–H groups in total. The third-order valence-corrected chi connectivity index (χ3v) is 13.0. The Balaban J connectivity index is 0.000000214. The topological polar surface area (TPSA) is 236 Å². The van der Waals surface area contributed by atoms with E-state index in [1.54, 1.807) is 76.5 Å². The molecule has 4 aromatic carbocycles. The summed E-state index contributed by atoms with van der Waals surface area (Å²) in [6, 6.07) is 29.2. The number of amides is 5. The second-order valence-electron chi connectivity index (χ2n) is 19.5. The van der Waals surface area contributed by atoms with E-state index < -0.39 is 35.5 Å². The molecule has 73 heavy (non-hydrogen) atoms. The van der Waals surface area contributed by atoms with Gasteiger partial charge in [0.2, 0.25) is 29.5 Å². The number of esters is 1. The SMILES string of the molecule is CC(C)(C)OC(=O)/C=C1/CCN(c2cccc(C#N)c2)[C@H](C(=O)Nc2ccc(N3CCCCC3=O)cc2)C1.NC(=O)c1cccc(N2CC/C(=C/C(=O)O)C[C@H]2C(=O)Nc2ccc(N3CCCCC3=O)cc2)c1. The number of rotatable bonds is 11. The van der Waals surface area contributed by atoms with Crippen LogP contribution < -0.4 is 36.0 Å². The normalized spacial score (nSPS) is 19.3. The molecule has 380 valence electrons. The van der Waals surface area contributed by atoms with Gasteiger partial charge in [-0.15, -0.1) is 0 Å². The second-order valence-corrected chi connectivity index (χ2v) is 19.5. The fourth-order valence-electron chi connectivity index (χ4n) is 9.43. The number of hydrogen-bond acceptors (Lipinski definition) is 11. The van der Waals surface area contributed by atoms with Crippen LogP contribution >= 0.6 is 0 Å². The van der Waals surface area contributed by atoms with Crippen molar-refractivity contribution in [1.29, 1.82) is 5.26 Å². The third-order valence-electron chi connectivity index (χ3n) is 13.0. The largest absolute Gasteiger partial charge is 0.478 e. The van der Waals surface area contributed by atoms with Gasteiger partial charge in [0, 0.05) is 90.9 Å². The number of nitrogens with two attached hydrogens (primary N) is 1. The molecule has 0 radical (unpaired) electrons. The molecular weight excluding hydrogens is 929 g/mol. The Hall–Kier alpha value is -8.26. The van der Waals surface area contributed by atoms with Gasteiger partial charge in [0.15, 0.2) is 0 Å². The first-order chi connectivity index (χ1) is 34.9. The van der Waals surface area contributed by atoms with Gasteiger partial charge in [-0.05, 0) is 157 Å². The highest BCUT2D eigenvalue weighted by Crippen LogP contribution is 2.33. The van der Waals surface area contributed by atoms with E-state index in [-0.39, 0.29) is 30.0 Å². The Morgan fingerprint density at radius 1 is 0.644 bits per heavy atom. The predicted molar refractivity (Wildman–Crippen MR) is 279 cm³/mol. The highest BCUT2D eigenvalue weighted by atomic mass is 16.6. The number of ether oxygens (including phenoxy) is 1. The number of hydrogen-bond donors (Lipinski definition) is 4. The molecule has 17 heteroatoms. The van der Waals surface area contributed by atoms with E-state index in [2.05, 4.69) is 16.7 Å². The van der Waals surface area contributed by atoms with Crippen molar-refractivity contribution in [2.75, 3.05) is 56.4 Å². The molecule has 17 nitrogen and oxygen atoms in total. The molecule has 4 aliphatic heterocycles. The number of carbonyl (C=O) groups excluding carboxylic acids is 6. The number of carbonyl (C=O) groups is 7. The summed E-state index contributed by atoms with van der Waals surface area (Å²) in [5.41, 5.74) is 11.4. The minimum absolute atomic E-state index is 0.0989. The van der Waals surface area contributed by atoms with E-state index in [9.17, 15) is 43.9 Å². The van der Waals surface area contributed by atoms with Gasteiger partial charge in [0.1, 0.15) is 17.7 Å². The Kier molecular flexibility index (Phi) is 17.1. The van der Waals surface area contributed by atoms with Crippen molar-refractivity contribution in [3.63, 3.8) is 0 Å². The van der Waals surface area contributed by atoms with Gasteiger partial charge in [-0.3, -0.25) is 24.0 Å². The Labute approximate surface area is 425 Å². The Morgan fingerprint density at radius 2 is 1.12 bits per heavy atom. The molecule has 4 aromatic rings. The predicted octanol–water partition coefficient (Wildman–Crippen LogP) is 7.87. The average molecular weight is 991 g/mol. The molecule has 0 spiro atoms. The standard InChI is InChI=1S/C30H34N4O4.C26H28N4O5/c1-30(2,3)38-28(36)19-21-14-16-33(25-8-6-7-22(17-25)20-31)26(18-21)29(37)32-23-10-12-24(13-11-23)34-15-5-4-9-27(34)35;27-25(34)18-4-3-5-21(16-18)29-13-11-17(15-24(32)33)14-22(29)26(35)28-19-7-9-20(10-8-19)30-12-2-1-6-23(30)31/h6-8,10-13,17,19,26H,4-5,9,14-16,18H2,1-3H3,(H,32,37);3-5,7-10,15-16,22H,1-2,6,11-14H2,(H2,27,34)(H,28,35)(H,32,33)/b21-19-;17-15-/t26-;22-/m00/s1. The van der Waals surface area contributed by atoms with Crippen molar-refractivity contribution in [3.05, 3.63) is 131 Å². The fraction of sp³-hybridized carbons (Fsp3) is 0.357.